The van der Waals surface area contributed by atoms with E-state index in [9.17, 15) is 14.4 Å². The van der Waals surface area contributed by atoms with Gasteiger partial charge < -0.3 is 15.8 Å². The van der Waals surface area contributed by atoms with E-state index in [0.717, 1.165) is 11.1 Å². The summed E-state index contributed by atoms with van der Waals surface area (Å²) in [6.07, 6.45) is -0.162. The maximum absolute atomic E-state index is 12.3. The molecule has 2 aromatic rings. The van der Waals surface area contributed by atoms with Gasteiger partial charge in [0, 0.05) is 10.6 Å². The maximum Gasteiger partial charge on any atom is 0.312 e. The molecule has 0 bridgehead atoms. The van der Waals surface area contributed by atoms with E-state index >= 15 is 0 Å². The quantitative estimate of drug-likeness (QED) is 0.560. The number of ether oxygens (including phenoxy) is 1. The van der Waals surface area contributed by atoms with Crippen LogP contribution in [0.4, 0.5) is 4.79 Å². The van der Waals surface area contributed by atoms with E-state index in [2.05, 4.69) is 5.32 Å². The number of carbonyl (C=O) groups excluding carboxylic acids is 3. The fourth-order valence-corrected chi connectivity index (χ4v) is 2.73. The summed E-state index contributed by atoms with van der Waals surface area (Å²) in [5.41, 5.74) is 8.12. The van der Waals surface area contributed by atoms with Crippen molar-refractivity contribution in [3.05, 3.63) is 69.7 Å². The number of nitrogens with two attached hydrogens (primary N) is 1. The highest BCUT2D eigenvalue weighted by molar-refractivity contribution is 6.30. The zero-order valence-electron chi connectivity index (χ0n) is 15.1. The lowest BCUT2D eigenvalue weighted by Crippen LogP contribution is -2.34. The molecule has 2 amide bonds. The molecule has 0 aliphatic heterocycles. The van der Waals surface area contributed by atoms with E-state index in [1.54, 1.807) is 30.3 Å². The van der Waals surface area contributed by atoms with Gasteiger partial charge in [0.15, 0.2) is 6.61 Å². The van der Waals surface area contributed by atoms with Crippen molar-refractivity contribution in [2.45, 2.75) is 26.3 Å². The van der Waals surface area contributed by atoms with Gasteiger partial charge in [-0.1, -0.05) is 41.4 Å². The summed E-state index contributed by atoms with van der Waals surface area (Å²) in [5, 5.41) is 3.02. The molecule has 7 heteroatoms. The van der Waals surface area contributed by atoms with Crippen LogP contribution in [0.15, 0.2) is 42.5 Å². The first-order valence-corrected chi connectivity index (χ1v) is 8.71. The zero-order chi connectivity index (χ0) is 20.0. The van der Waals surface area contributed by atoms with Crippen LogP contribution in [-0.2, 0) is 9.53 Å². The molecule has 0 aliphatic rings. The number of ketones is 1. The van der Waals surface area contributed by atoms with Gasteiger partial charge in [-0.05, 0) is 43.2 Å². The molecule has 2 aromatic carbocycles. The van der Waals surface area contributed by atoms with Crippen LogP contribution in [0.3, 0.4) is 0 Å². The van der Waals surface area contributed by atoms with Crippen LogP contribution >= 0.6 is 11.6 Å². The van der Waals surface area contributed by atoms with Gasteiger partial charge in [-0.25, -0.2) is 4.79 Å². The van der Waals surface area contributed by atoms with E-state index < -0.39 is 18.0 Å². The second-order valence-corrected chi connectivity index (χ2v) is 6.66. The molecule has 1 atom stereocenters. The Kier molecular flexibility index (Phi) is 6.96. The second-order valence-electron chi connectivity index (χ2n) is 6.22. The molecular weight excluding hydrogens is 368 g/mol. The zero-order valence-corrected chi connectivity index (χ0v) is 15.9. The summed E-state index contributed by atoms with van der Waals surface area (Å²) in [6.45, 7) is 3.34. The van der Waals surface area contributed by atoms with Gasteiger partial charge in [-0.3, -0.25) is 9.59 Å². The Morgan fingerprint density at radius 1 is 1.11 bits per heavy atom. The molecule has 0 spiro atoms. The molecular formula is C20H21ClN2O4. The lowest BCUT2D eigenvalue weighted by Gasteiger charge is -2.17. The number of esters is 1. The highest BCUT2D eigenvalue weighted by Crippen LogP contribution is 2.20. The van der Waals surface area contributed by atoms with Gasteiger partial charge in [0.1, 0.15) is 0 Å². The van der Waals surface area contributed by atoms with Crippen molar-refractivity contribution in [1.29, 1.82) is 0 Å². The lowest BCUT2D eigenvalue weighted by molar-refractivity contribution is -0.143. The second kappa shape index (κ2) is 9.19. The predicted molar refractivity (Wildman–Crippen MR) is 103 cm³/mol. The normalized spacial score (nSPS) is 11.5. The predicted octanol–water partition coefficient (Wildman–Crippen LogP) is 3.48. The number of hydrogen-bond acceptors (Lipinski definition) is 4. The number of aryl methyl sites for hydroxylation is 2. The number of halogens is 1. The lowest BCUT2D eigenvalue weighted by atomic mass is 10.0. The van der Waals surface area contributed by atoms with E-state index in [4.69, 9.17) is 22.1 Å². The van der Waals surface area contributed by atoms with Crippen molar-refractivity contribution in [3.63, 3.8) is 0 Å². The van der Waals surface area contributed by atoms with E-state index in [1.165, 1.54) is 0 Å². The Balaban J connectivity index is 2.00. The molecule has 0 heterocycles. The molecule has 0 unspecified atom stereocenters. The van der Waals surface area contributed by atoms with Crippen LogP contribution in [0.5, 0.6) is 0 Å². The Labute approximate surface area is 162 Å². The van der Waals surface area contributed by atoms with Gasteiger partial charge in [-0.2, -0.15) is 0 Å². The van der Waals surface area contributed by atoms with Crippen molar-refractivity contribution in [3.8, 4) is 0 Å². The van der Waals surface area contributed by atoms with Crippen molar-refractivity contribution in [1.82, 2.24) is 5.32 Å². The van der Waals surface area contributed by atoms with Gasteiger partial charge >= 0.3 is 12.0 Å². The fraction of sp³-hybridized carbons (Fsp3) is 0.250. The van der Waals surface area contributed by atoms with Crippen LogP contribution in [0, 0.1) is 13.8 Å². The number of amides is 2. The third-order valence-electron chi connectivity index (χ3n) is 4.02. The minimum atomic E-state index is -0.769. The average molecular weight is 389 g/mol. The van der Waals surface area contributed by atoms with Crippen LogP contribution in [0.25, 0.3) is 0 Å². The van der Waals surface area contributed by atoms with Crippen molar-refractivity contribution in [2.75, 3.05) is 6.61 Å². The van der Waals surface area contributed by atoms with Gasteiger partial charge in [0.25, 0.3) is 0 Å². The summed E-state index contributed by atoms with van der Waals surface area (Å²) in [6, 6.07) is 10.7. The summed E-state index contributed by atoms with van der Waals surface area (Å²) in [4.78, 5) is 35.7. The molecule has 6 nitrogen and oxygen atoms in total. The van der Waals surface area contributed by atoms with Crippen molar-refractivity contribution >= 4 is 29.4 Å². The molecule has 0 fully saturated rings. The van der Waals surface area contributed by atoms with Crippen LogP contribution in [0.1, 0.15) is 39.5 Å². The van der Waals surface area contributed by atoms with Crippen molar-refractivity contribution < 1.29 is 19.1 Å². The van der Waals surface area contributed by atoms with Gasteiger partial charge in [-0.15, -0.1) is 0 Å². The Morgan fingerprint density at radius 2 is 1.78 bits per heavy atom. The molecule has 0 radical (unpaired) electrons. The van der Waals surface area contributed by atoms with Crippen molar-refractivity contribution in [2.24, 2.45) is 5.73 Å². The summed E-state index contributed by atoms with van der Waals surface area (Å²) >= 11 is 5.85. The number of carbonyl (C=O) groups is 3. The molecule has 27 heavy (non-hydrogen) atoms. The Hall–Kier alpha value is -2.86. The van der Waals surface area contributed by atoms with E-state index in [0.29, 0.717) is 16.1 Å². The Morgan fingerprint density at radius 3 is 2.41 bits per heavy atom. The number of benzene rings is 2. The first-order valence-electron chi connectivity index (χ1n) is 8.33. The molecule has 0 saturated heterocycles. The maximum atomic E-state index is 12.3. The molecule has 2 rings (SSSR count). The molecule has 142 valence electrons. The largest absolute Gasteiger partial charge is 0.457 e. The minimum Gasteiger partial charge on any atom is -0.457 e. The molecule has 0 aliphatic carbocycles. The number of urea groups is 1. The Bertz CT molecular complexity index is 850. The summed E-state index contributed by atoms with van der Waals surface area (Å²) in [5.74, 6) is -0.905. The smallest absolute Gasteiger partial charge is 0.312 e. The molecule has 3 N–H and O–H groups in total. The SMILES string of the molecule is Cc1ccc(C)c(C(=O)COC(=O)C[C@H](NC(N)=O)c2ccc(Cl)cc2)c1. The standard InChI is InChI=1S/C20H21ClN2O4/c1-12-3-4-13(2)16(9-12)18(24)11-27-19(25)10-17(23-20(22)26)14-5-7-15(21)8-6-14/h3-9,17H,10-11H2,1-2H3,(H3,22,23,26)/t17-/m0/s1. The number of Topliss-reactive ketones (excluding diaryl/α,β-unsaturated/α-hetero) is 1. The first-order chi connectivity index (χ1) is 12.8. The van der Waals surface area contributed by atoms with Crippen LogP contribution in [-0.4, -0.2) is 24.4 Å². The average Bonchev–Trinajstić information content (AvgIpc) is 2.61. The number of hydrogen-bond donors (Lipinski definition) is 2. The monoisotopic (exact) mass is 388 g/mol. The summed E-state index contributed by atoms with van der Waals surface area (Å²) < 4.78 is 5.10. The molecule has 0 aromatic heterocycles. The number of primary amides is 1. The number of nitrogens with one attached hydrogen (secondary N) is 1. The van der Waals surface area contributed by atoms with Crippen LogP contribution < -0.4 is 11.1 Å². The van der Waals surface area contributed by atoms with E-state index in [1.807, 2.05) is 26.0 Å². The highest BCUT2D eigenvalue weighted by atomic mass is 35.5. The van der Waals surface area contributed by atoms with Crippen LogP contribution in [0.2, 0.25) is 5.02 Å². The third kappa shape index (κ3) is 6.11. The third-order valence-corrected chi connectivity index (χ3v) is 4.27. The van der Waals surface area contributed by atoms with Gasteiger partial charge in [0.05, 0.1) is 12.5 Å². The highest BCUT2D eigenvalue weighted by Gasteiger charge is 2.20. The topological polar surface area (TPSA) is 98.5 Å². The minimum absolute atomic E-state index is 0.162. The summed E-state index contributed by atoms with van der Waals surface area (Å²) in [7, 11) is 0. The fourth-order valence-electron chi connectivity index (χ4n) is 2.60. The molecule has 0 saturated carbocycles. The first kappa shape index (κ1) is 20.5. The van der Waals surface area contributed by atoms with Gasteiger partial charge in [0.2, 0.25) is 5.78 Å². The van der Waals surface area contributed by atoms with E-state index in [-0.39, 0.29) is 18.8 Å². The number of rotatable bonds is 7.